The highest BCUT2D eigenvalue weighted by Gasteiger charge is 2.19. The zero-order valence-corrected chi connectivity index (χ0v) is 10.8. The van der Waals surface area contributed by atoms with Crippen LogP contribution in [0.25, 0.3) is 0 Å². The minimum Gasteiger partial charge on any atom is -0.291 e. The number of benzene rings is 1. The van der Waals surface area contributed by atoms with E-state index < -0.39 is 29.1 Å². The highest BCUT2D eigenvalue weighted by molar-refractivity contribution is 6.07. The number of carbonyl (C=O) groups is 2. The molecule has 7 nitrogen and oxygen atoms in total. The SMILES string of the molecule is N#Cc1cncc(NC(=O)NC(=O)c2c(F)cccc2F)n1. The van der Waals surface area contributed by atoms with Crippen molar-refractivity contribution < 1.29 is 18.4 Å². The molecular weight excluding hydrogens is 296 g/mol. The van der Waals surface area contributed by atoms with Crippen LogP contribution in [0.15, 0.2) is 30.6 Å². The highest BCUT2D eigenvalue weighted by atomic mass is 19.1. The molecule has 0 fully saturated rings. The monoisotopic (exact) mass is 303 g/mol. The number of aromatic nitrogens is 2. The number of nitrogens with one attached hydrogen (secondary N) is 2. The quantitative estimate of drug-likeness (QED) is 0.875. The number of carbonyl (C=O) groups excluding carboxylic acids is 2. The predicted molar refractivity (Wildman–Crippen MR) is 69.6 cm³/mol. The summed E-state index contributed by atoms with van der Waals surface area (Å²) >= 11 is 0. The van der Waals surface area contributed by atoms with Gasteiger partial charge in [0.25, 0.3) is 5.91 Å². The zero-order valence-electron chi connectivity index (χ0n) is 10.8. The predicted octanol–water partition coefficient (Wildman–Crippen LogP) is 1.59. The number of anilines is 1. The van der Waals surface area contributed by atoms with Crippen LogP contribution < -0.4 is 10.6 Å². The minimum absolute atomic E-state index is 0.0516. The second-order valence-corrected chi connectivity index (χ2v) is 3.91. The molecule has 1 aromatic heterocycles. The van der Waals surface area contributed by atoms with E-state index in [-0.39, 0.29) is 11.5 Å². The van der Waals surface area contributed by atoms with Crippen LogP contribution in [-0.2, 0) is 0 Å². The smallest absolute Gasteiger partial charge is 0.291 e. The Morgan fingerprint density at radius 2 is 1.86 bits per heavy atom. The molecule has 2 N–H and O–H groups in total. The second-order valence-electron chi connectivity index (χ2n) is 3.91. The maximum absolute atomic E-state index is 13.4. The van der Waals surface area contributed by atoms with E-state index in [0.717, 1.165) is 24.4 Å². The van der Waals surface area contributed by atoms with E-state index in [9.17, 15) is 18.4 Å². The molecule has 1 aromatic carbocycles. The van der Waals surface area contributed by atoms with Crippen molar-refractivity contribution in [1.82, 2.24) is 15.3 Å². The molecule has 9 heteroatoms. The fourth-order valence-electron chi connectivity index (χ4n) is 1.51. The average Bonchev–Trinajstić information content (AvgIpc) is 2.47. The van der Waals surface area contributed by atoms with Crippen molar-refractivity contribution in [1.29, 1.82) is 5.26 Å². The van der Waals surface area contributed by atoms with Crippen molar-refractivity contribution >= 4 is 17.8 Å². The van der Waals surface area contributed by atoms with Crippen LogP contribution in [0.4, 0.5) is 19.4 Å². The fourth-order valence-corrected chi connectivity index (χ4v) is 1.51. The summed E-state index contributed by atoms with van der Waals surface area (Å²) in [4.78, 5) is 30.6. The van der Waals surface area contributed by atoms with Gasteiger partial charge in [-0.3, -0.25) is 20.4 Å². The molecule has 110 valence electrons. The van der Waals surface area contributed by atoms with E-state index in [1.54, 1.807) is 11.4 Å². The second kappa shape index (κ2) is 6.36. The minimum atomic E-state index is -1.25. The van der Waals surface area contributed by atoms with Gasteiger partial charge in [0, 0.05) is 0 Å². The van der Waals surface area contributed by atoms with Crippen molar-refractivity contribution in [3.8, 4) is 6.07 Å². The maximum Gasteiger partial charge on any atom is 0.327 e. The number of urea groups is 1. The van der Waals surface area contributed by atoms with Crippen LogP contribution in [0, 0.1) is 23.0 Å². The van der Waals surface area contributed by atoms with Crippen LogP contribution in [0.1, 0.15) is 16.1 Å². The van der Waals surface area contributed by atoms with Gasteiger partial charge in [-0.15, -0.1) is 0 Å². The molecule has 1 heterocycles. The van der Waals surface area contributed by atoms with E-state index in [1.165, 1.54) is 6.20 Å². The number of halogens is 2. The number of hydrogen-bond acceptors (Lipinski definition) is 5. The summed E-state index contributed by atoms with van der Waals surface area (Å²) in [5.74, 6) is -3.55. The fraction of sp³-hybridized carbons (Fsp3) is 0. The van der Waals surface area contributed by atoms with Crippen molar-refractivity contribution in [3.63, 3.8) is 0 Å². The number of nitriles is 1. The Labute approximate surface area is 122 Å². The molecule has 0 spiro atoms. The first-order valence-corrected chi connectivity index (χ1v) is 5.79. The Bertz CT molecular complexity index is 768. The number of rotatable bonds is 2. The van der Waals surface area contributed by atoms with Crippen LogP contribution in [0.5, 0.6) is 0 Å². The largest absolute Gasteiger partial charge is 0.327 e. The van der Waals surface area contributed by atoms with Gasteiger partial charge in [-0.1, -0.05) is 6.07 Å². The molecule has 3 amide bonds. The van der Waals surface area contributed by atoms with E-state index in [2.05, 4.69) is 15.3 Å². The van der Waals surface area contributed by atoms with Crippen molar-refractivity contribution in [2.45, 2.75) is 0 Å². The third-order valence-corrected chi connectivity index (χ3v) is 2.41. The van der Waals surface area contributed by atoms with Gasteiger partial charge in [0.15, 0.2) is 11.5 Å². The van der Waals surface area contributed by atoms with Crippen LogP contribution >= 0.6 is 0 Å². The lowest BCUT2D eigenvalue weighted by Gasteiger charge is -2.07. The Morgan fingerprint density at radius 3 is 2.50 bits per heavy atom. The normalized spacial score (nSPS) is 9.68. The molecule has 0 saturated carbocycles. The number of amides is 3. The van der Waals surface area contributed by atoms with E-state index in [4.69, 9.17) is 5.26 Å². The summed E-state index contributed by atoms with van der Waals surface area (Å²) in [5, 5.41) is 12.5. The first kappa shape index (κ1) is 15.0. The summed E-state index contributed by atoms with van der Waals surface area (Å²) in [6.07, 6.45) is 2.30. The number of imide groups is 1. The van der Waals surface area contributed by atoms with Gasteiger partial charge in [0.05, 0.1) is 12.4 Å². The molecule has 0 bridgehead atoms. The van der Waals surface area contributed by atoms with E-state index >= 15 is 0 Å². The molecule has 0 radical (unpaired) electrons. The van der Waals surface area contributed by atoms with Crippen molar-refractivity contribution in [3.05, 3.63) is 53.5 Å². The first-order valence-electron chi connectivity index (χ1n) is 5.79. The summed E-state index contributed by atoms with van der Waals surface area (Å²) in [7, 11) is 0. The molecule has 0 unspecified atom stereocenters. The summed E-state index contributed by atoms with van der Waals surface area (Å²) < 4.78 is 26.8. The molecule has 0 aliphatic heterocycles. The van der Waals surface area contributed by atoms with Crippen molar-refractivity contribution in [2.24, 2.45) is 0 Å². The highest BCUT2D eigenvalue weighted by Crippen LogP contribution is 2.11. The Kier molecular flexibility index (Phi) is 4.33. The maximum atomic E-state index is 13.4. The first-order chi connectivity index (χ1) is 10.5. The summed E-state index contributed by atoms with van der Waals surface area (Å²) in [5.41, 5.74) is -0.932. The number of hydrogen-bond donors (Lipinski definition) is 2. The molecule has 0 aliphatic rings. The molecule has 22 heavy (non-hydrogen) atoms. The summed E-state index contributed by atoms with van der Waals surface area (Å²) in [6, 6.07) is 3.50. The van der Waals surface area contributed by atoms with Gasteiger partial charge in [-0.05, 0) is 12.1 Å². The van der Waals surface area contributed by atoms with Gasteiger partial charge in [-0.25, -0.2) is 18.6 Å². The molecule has 0 atom stereocenters. The van der Waals surface area contributed by atoms with Gasteiger partial charge >= 0.3 is 6.03 Å². The van der Waals surface area contributed by atoms with Gasteiger partial charge < -0.3 is 0 Å². The van der Waals surface area contributed by atoms with Crippen LogP contribution in [0.2, 0.25) is 0 Å². The van der Waals surface area contributed by atoms with E-state index in [1.807, 2.05) is 0 Å². The van der Waals surface area contributed by atoms with E-state index in [0.29, 0.717) is 0 Å². The molecule has 2 aromatic rings. The third-order valence-electron chi connectivity index (χ3n) is 2.41. The Hall–Kier alpha value is -3.41. The van der Waals surface area contributed by atoms with Gasteiger partial charge in [0.2, 0.25) is 0 Å². The topological polar surface area (TPSA) is 108 Å². The Balaban J connectivity index is 2.09. The number of nitrogens with zero attached hydrogens (tertiary/aromatic N) is 3. The average molecular weight is 303 g/mol. The molecule has 0 aliphatic carbocycles. The van der Waals surface area contributed by atoms with Crippen LogP contribution in [0.3, 0.4) is 0 Å². The van der Waals surface area contributed by atoms with Crippen molar-refractivity contribution in [2.75, 3.05) is 5.32 Å². The third kappa shape index (κ3) is 3.37. The standard InChI is InChI=1S/C13H7F2N5O2/c14-8-2-1-3-9(15)11(8)12(21)20-13(22)19-10-6-17-5-7(4-16)18-10/h1-3,5-6H,(H2,18,19,20,21,22). The molecular formula is C13H7F2N5O2. The van der Waals surface area contributed by atoms with Crippen LogP contribution in [-0.4, -0.2) is 21.9 Å². The lowest BCUT2D eigenvalue weighted by atomic mass is 10.2. The molecule has 0 saturated heterocycles. The lowest BCUT2D eigenvalue weighted by Crippen LogP contribution is -2.35. The Morgan fingerprint density at radius 1 is 1.18 bits per heavy atom. The lowest BCUT2D eigenvalue weighted by molar-refractivity contribution is 0.0959. The summed E-state index contributed by atoms with van der Waals surface area (Å²) in [6.45, 7) is 0. The molecule has 2 rings (SSSR count). The van der Waals surface area contributed by atoms with Gasteiger partial charge in [0.1, 0.15) is 23.3 Å². The van der Waals surface area contributed by atoms with Gasteiger partial charge in [-0.2, -0.15) is 5.26 Å². The zero-order chi connectivity index (χ0) is 16.1.